The quantitative estimate of drug-likeness (QED) is 0.469. The second kappa shape index (κ2) is 7.90. The van der Waals surface area contributed by atoms with Crippen LogP contribution in [0.3, 0.4) is 0 Å². The van der Waals surface area contributed by atoms with Crippen molar-refractivity contribution in [3.8, 4) is 17.1 Å². The van der Waals surface area contributed by atoms with Gasteiger partial charge in [0, 0.05) is 0 Å². The first-order chi connectivity index (χ1) is 14.5. The van der Waals surface area contributed by atoms with Gasteiger partial charge in [-0.05, 0) is 24.1 Å². The number of benzene rings is 2. The van der Waals surface area contributed by atoms with Gasteiger partial charge in [0.2, 0.25) is 0 Å². The predicted octanol–water partition coefficient (Wildman–Crippen LogP) is 3.78. The fourth-order valence-corrected chi connectivity index (χ4v) is 3.28. The Morgan fingerprint density at radius 3 is 2.57 bits per heavy atom. The number of fused-ring (bicyclic) bond motifs is 1. The van der Waals surface area contributed by atoms with Gasteiger partial charge in [-0.1, -0.05) is 36.4 Å². The number of aryl methyl sites for hydroxylation is 1. The Bertz CT molecular complexity index is 1240. The summed E-state index contributed by atoms with van der Waals surface area (Å²) >= 11 is 0. The maximum atomic E-state index is 15.1. The Morgan fingerprint density at radius 1 is 1.10 bits per heavy atom. The molecular formula is C22H19FN4O3. The number of ether oxygens (including phenoxy) is 2. The second-order valence-electron chi connectivity index (χ2n) is 6.69. The van der Waals surface area contributed by atoms with Crippen LogP contribution >= 0.6 is 0 Å². The molecule has 2 heterocycles. The zero-order chi connectivity index (χ0) is 21.3. The fraction of sp³-hybridized carbons (Fsp3) is 0.182. The van der Waals surface area contributed by atoms with Crippen LogP contribution in [0.25, 0.3) is 22.6 Å². The van der Waals surface area contributed by atoms with Gasteiger partial charge in [-0.2, -0.15) is 0 Å². The maximum Gasteiger partial charge on any atom is 0.359 e. The largest absolute Gasteiger partial charge is 0.493 e. The van der Waals surface area contributed by atoms with E-state index in [4.69, 9.17) is 9.47 Å². The van der Waals surface area contributed by atoms with E-state index in [0.29, 0.717) is 23.3 Å². The number of aromatic nitrogens is 4. The number of methoxy groups -OCH3 is 2. The molecule has 0 saturated carbocycles. The maximum absolute atomic E-state index is 15.1. The molecular weight excluding hydrogens is 387 g/mol. The van der Waals surface area contributed by atoms with Crippen molar-refractivity contribution in [1.82, 2.24) is 19.5 Å². The number of hydrogen-bond acceptors (Lipinski definition) is 6. The zero-order valence-corrected chi connectivity index (χ0v) is 16.7. The number of rotatable bonds is 5. The fourth-order valence-electron chi connectivity index (χ4n) is 3.28. The van der Waals surface area contributed by atoms with E-state index < -0.39 is 11.8 Å². The van der Waals surface area contributed by atoms with E-state index in [0.717, 1.165) is 5.56 Å². The van der Waals surface area contributed by atoms with Crippen molar-refractivity contribution in [2.45, 2.75) is 13.5 Å². The summed E-state index contributed by atoms with van der Waals surface area (Å²) < 4.78 is 26.9. The van der Waals surface area contributed by atoms with Crippen molar-refractivity contribution in [3.63, 3.8) is 0 Å². The van der Waals surface area contributed by atoms with Gasteiger partial charge in [0.15, 0.2) is 28.7 Å². The third-order valence-corrected chi connectivity index (χ3v) is 4.78. The molecule has 4 aromatic rings. The Kier molecular flexibility index (Phi) is 5.14. The van der Waals surface area contributed by atoms with Gasteiger partial charge in [0.05, 0.1) is 32.7 Å². The molecule has 0 spiro atoms. The third-order valence-electron chi connectivity index (χ3n) is 4.78. The molecule has 152 valence electrons. The van der Waals surface area contributed by atoms with Gasteiger partial charge >= 0.3 is 5.97 Å². The summed E-state index contributed by atoms with van der Waals surface area (Å²) in [6.45, 7) is 2.22. The molecule has 0 atom stereocenters. The molecule has 0 aliphatic heterocycles. The highest BCUT2D eigenvalue weighted by Gasteiger charge is 2.23. The van der Waals surface area contributed by atoms with Crippen molar-refractivity contribution in [3.05, 3.63) is 71.4 Å². The highest BCUT2D eigenvalue weighted by molar-refractivity contribution is 5.99. The van der Waals surface area contributed by atoms with Gasteiger partial charge in [0.1, 0.15) is 5.52 Å². The molecule has 0 bridgehead atoms. The topological polar surface area (TPSA) is 79.1 Å². The average Bonchev–Trinajstić information content (AvgIpc) is 3.16. The molecule has 0 aliphatic carbocycles. The predicted molar refractivity (Wildman–Crippen MR) is 109 cm³/mol. The van der Waals surface area contributed by atoms with Crippen LogP contribution in [0.4, 0.5) is 4.39 Å². The molecule has 8 heteroatoms. The Morgan fingerprint density at radius 2 is 1.87 bits per heavy atom. The summed E-state index contributed by atoms with van der Waals surface area (Å²) in [5, 5.41) is 0. The number of esters is 1. The standard InChI is InChI=1S/C22H19FN4O3/c1-13-9-10-15(16(23)19(13)29-2)20-25-18(22(28)30-3)17-21(26-20)27(12-24-17)11-14-7-5-4-6-8-14/h4-10,12H,11H2,1-3H3. The van der Waals surface area contributed by atoms with Gasteiger partial charge in [-0.15, -0.1) is 0 Å². The van der Waals surface area contributed by atoms with E-state index in [2.05, 4.69) is 15.0 Å². The molecule has 30 heavy (non-hydrogen) atoms. The van der Waals surface area contributed by atoms with E-state index >= 15 is 4.39 Å². The van der Waals surface area contributed by atoms with Gasteiger partial charge in [0.25, 0.3) is 0 Å². The smallest absolute Gasteiger partial charge is 0.359 e. The number of imidazole rings is 1. The van der Waals surface area contributed by atoms with Gasteiger partial charge in [-0.25, -0.2) is 24.1 Å². The van der Waals surface area contributed by atoms with Crippen LogP contribution in [0, 0.1) is 12.7 Å². The summed E-state index contributed by atoms with van der Waals surface area (Å²) in [5.74, 6) is -1.11. The first kappa shape index (κ1) is 19.5. The minimum absolute atomic E-state index is 0.0248. The van der Waals surface area contributed by atoms with Crippen molar-refractivity contribution >= 4 is 17.1 Å². The normalized spacial score (nSPS) is 10.9. The first-order valence-electron chi connectivity index (χ1n) is 9.22. The lowest BCUT2D eigenvalue weighted by molar-refractivity contribution is 0.0596. The molecule has 0 saturated heterocycles. The van der Waals surface area contributed by atoms with Crippen molar-refractivity contribution in [1.29, 1.82) is 0 Å². The van der Waals surface area contributed by atoms with E-state index in [-0.39, 0.29) is 22.8 Å². The second-order valence-corrected chi connectivity index (χ2v) is 6.69. The minimum Gasteiger partial charge on any atom is -0.493 e. The van der Waals surface area contributed by atoms with Crippen LogP contribution < -0.4 is 4.74 Å². The molecule has 0 amide bonds. The Hall–Kier alpha value is -3.81. The monoisotopic (exact) mass is 406 g/mol. The Balaban J connectivity index is 1.93. The zero-order valence-electron chi connectivity index (χ0n) is 16.7. The van der Waals surface area contributed by atoms with Crippen LogP contribution in [0.15, 0.2) is 48.8 Å². The minimum atomic E-state index is -0.673. The number of halogens is 1. The van der Waals surface area contributed by atoms with E-state index in [1.165, 1.54) is 14.2 Å². The van der Waals surface area contributed by atoms with Crippen molar-refractivity contribution in [2.24, 2.45) is 0 Å². The molecule has 7 nitrogen and oxygen atoms in total. The van der Waals surface area contributed by atoms with E-state index in [1.54, 1.807) is 30.0 Å². The van der Waals surface area contributed by atoms with E-state index in [1.807, 2.05) is 30.3 Å². The van der Waals surface area contributed by atoms with Gasteiger partial charge < -0.3 is 14.0 Å². The van der Waals surface area contributed by atoms with Crippen molar-refractivity contribution in [2.75, 3.05) is 14.2 Å². The molecule has 2 aromatic carbocycles. The van der Waals surface area contributed by atoms with Crippen LogP contribution in [0.2, 0.25) is 0 Å². The summed E-state index contributed by atoms with van der Waals surface area (Å²) in [5.41, 5.74) is 2.46. The first-order valence-corrected chi connectivity index (χ1v) is 9.22. The molecule has 4 rings (SSSR count). The van der Waals surface area contributed by atoms with E-state index in [9.17, 15) is 4.79 Å². The molecule has 0 aliphatic rings. The lowest BCUT2D eigenvalue weighted by Gasteiger charge is -2.11. The average molecular weight is 406 g/mol. The number of hydrogen-bond donors (Lipinski definition) is 0. The summed E-state index contributed by atoms with van der Waals surface area (Å²) in [7, 11) is 2.65. The molecule has 0 fully saturated rings. The van der Waals surface area contributed by atoms with Crippen LogP contribution in [-0.4, -0.2) is 39.7 Å². The molecule has 0 radical (unpaired) electrons. The lowest BCUT2D eigenvalue weighted by Crippen LogP contribution is -2.09. The highest BCUT2D eigenvalue weighted by atomic mass is 19.1. The molecule has 0 N–H and O–H groups in total. The molecule has 2 aromatic heterocycles. The Labute approximate surface area is 172 Å². The van der Waals surface area contributed by atoms with Crippen molar-refractivity contribution < 1.29 is 18.7 Å². The van der Waals surface area contributed by atoms with Crippen LogP contribution in [-0.2, 0) is 11.3 Å². The summed E-state index contributed by atoms with van der Waals surface area (Å²) in [6, 6.07) is 13.0. The third kappa shape index (κ3) is 3.36. The van der Waals surface area contributed by atoms with Crippen LogP contribution in [0.1, 0.15) is 21.6 Å². The number of nitrogens with zero attached hydrogens (tertiary/aromatic N) is 4. The van der Waals surface area contributed by atoms with Crippen LogP contribution in [0.5, 0.6) is 5.75 Å². The number of carbonyl (C=O) groups is 1. The number of carbonyl (C=O) groups excluding carboxylic acids is 1. The summed E-state index contributed by atoms with van der Waals surface area (Å²) in [6.07, 6.45) is 1.58. The van der Waals surface area contributed by atoms with Gasteiger partial charge in [-0.3, -0.25) is 0 Å². The highest BCUT2D eigenvalue weighted by Crippen LogP contribution is 2.31. The SMILES string of the molecule is COC(=O)c1nc(-c2ccc(C)c(OC)c2F)nc2c1ncn2Cc1ccccc1. The summed E-state index contributed by atoms with van der Waals surface area (Å²) in [4.78, 5) is 25.5. The molecule has 0 unspecified atom stereocenters. The lowest BCUT2D eigenvalue weighted by atomic mass is 10.1.